The maximum atomic E-state index is 12.3. The Labute approximate surface area is 169 Å². The van der Waals surface area contributed by atoms with Crippen LogP contribution in [0, 0.1) is 5.92 Å². The number of nitrogens with zero attached hydrogens (tertiary/aromatic N) is 3. The number of Topliss-reactive ketones (excluding diaryl/α,β-unsaturated/α-hetero) is 1. The molecule has 0 atom stereocenters. The van der Waals surface area contributed by atoms with Crippen LogP contribution in [0.4, 0.5) is 0 Å². The summed E-state index contributed by atoms with van der Waals surface area (Å²) in [6.45, 7) is 5.93. The van der Waals surface area contributed by atoms with Crippen molar-refractivity contribution in [2.24, 2.45) is 5.92 Å². The van der Waals surface area contributed by atoms with E-state index in [1.165, 1.54) is 30.9 Å². The van der Waals surface area contributed by atoms with E-state index >= 15 is 0 Å². The maximum absolute atomic E-state index is 12.3. The lowest BCUT2D eigenvalue weighted by molar-refractivity contribution is -0.144. The van der Waals surface area contributed by atoms with Crippen LogP contribution in [0.3, 0.4) is 0 Å². The topological polar surface area (TPSA) is 43.9 Å². The van der Waals surface area contributed by atoms with E-state index in [-0.39, 0.29) is 11.7 Å². The van der Waals surface area contributed by atoms with Crippen LogP contribution in [0.15, 0.2) is 24.3 Å². The summed E-state index contributed by atoms with van der Waals surface area (Å²) in [5, 5.41) is 0. The molecule has 0 N–H and O–H groups in total. The number of rotatable bonds is 8. The molecule has 0 spiro atoms. The molecule has 154 valence electrons. The highest BCUT2D eigenvalue weighted by Crippen LogP contribution is 2.29. The third kappa shape index (κ3) is 5.42. The first-order valence-electron chi connectivity index (χ1n) is 10.7. The van der Waals surface area contributed by atoms with E-state index in [4.69, 9.17) is 0 Å². The van der Waals surface area contributed by atoms with Crippen molar-refractivity contribution < 1.29 is 9.59 Å². The predicted molar refractivity (Wildman–Crippen MR) is 112 cm³/mol. The number of hydrogen-bond acceptors (Lipinski definition) is 4. The van der Waals surface area contributed by atoms with Gasteiger partial charge in [-0.1, -0.05) is 24.3 Å². The van der Waals surface area contributed by atoms with Gasteiger partial charge in [0, 0.05) is 26.1 Å². The zero-order chi connectivity index (χ0) is 20.1. The third-order valence-electron chi connectivity index (χ3n) is 6.30. The molecule has 1 saturated heterocycles. The van der Waals surface area contributed by atoms with Crippen LogP contribution in [-0.4, -0.2) is 79.3 Å². The highest BCUT2D eigenvalue weighted by Gasteiger charge is 2.31. The summed E-state index contributed by atoms with van der Waals surface area (Å²) in [4.78, 5) is 30.6. The van der Waals surface area contributed by atoms with Gasteiger partial charge in [-0.05, 0) is 82.9 Å². The summed E-state index contributed by atoms with van der Waals surface area (Å²) in [7, 11) is 4.07. The number of hydrogen-bond donors (Lipinski definition) is 0. The van der Waals surface area contributed by atoms with Gasteiger partial charge in [-0.25, -0.2) is 0 Å². The van der Waals surface area contributed by atoms with Crippen molar-refractivity contribution in [1.82, 2.24) is 14.7 Å². The van der Waals surface area contributed by atoms with Crippen molar-refractivity contribution in [3.63, 3.8) is 0 Å². The van der Waals surface area contributed by atoms with Crippen LogP contribution in [0.2, 0.25) is 0 Å². The summed E-state index contributed by atoms with van der Waals surface area (Å²) in [5.74, 6) is -0.152. The minimum Gasteiger partial charge on any atom is -0.336 e. The van der Waals surface area contributed by atoms with E-state index in [1.807, 2.05) is 14.1 Å². The minimum atomic E-state index is -0.342. The van der Waals surface area contributed by atoms with Gasteiger partial charge in [0.1, 0.15) is 0 Å². The second-order valence-electron chi connectivity index (χ2n) is 8.77. The van der Waals surface area contributed by atoms with Gasteiger partial charge >= 0.3 is 0 Å². The molecule has 5 heteroatoms. The Balaban J connectivity index is 1.49. The number of benzene rings is 1. The lowest BCUT2D eigenvalue weighted by Crippen LogP contribution is -2.46. The second-order valence-corrected chi connectivity index (χ2v) is 8.77. The van der Waals surface area contributed by atoms with Crippen LogP contribution < -0.4 is 0 Å². The number of piperidine rings is 1. The Morgan fingerprint density at radius 2 is 1.64 bits per heavy atom. The zero-order valence-corrected chi connectivity index (χ0v) is 17.7. The second kappa shape index (κ2) is 9.66. The molecule has 0 aromatic heterocycles. The summed E-state index contributed by atoms with van der Waals surface area (Å²) in [5.41, 5.74) is 3.02. The standard InChI is InChI=1S/C23H35N3O2/c1-18(27)23(28)26(12-6-11-24(2)3)17-19-9-13-25(14-10-19)22-15-20-7-4-5-8-21(20)16-22/h4-5,7-8,19,22H,6,9-17H2,1-3H3. The molecule has 1 aromatic carbocycles. The van der Waals surface area contributed by atoms with E-state index < -0.39 is 0 Å². The van der Waals surface area contributed by atoms with Crippen LogP contribution in [0.25, 0.3) is 0 Å². The van der Waals surface area contributed by atoms with Gasteiger partial charge in [-0.2, -0.15) is 0 Å². The van der Waals surface area contributed by atoms with Crippen LogP contribution in [0.1, 0.15) is 37.3 Å². The molecule has 1 aromatic rings. The Hall–Kier alpha value is -1.72. The van der Waals surface area contributed by atoms with Gasteiger partial charge in [0.25, 0.3) is 5.91 Å². The van der Waals surface area contributed by atoms with Gasteiger partial charge in [0.2, 0.25) is 5.78 Å². The average Bonchev–Trinajstić information content (AvgIpc) is 3.11. The first-order chi connectivity index (χ1) is 13.4. The van der Waals surface area contributed by atoms with Crippen molar-refractivity contribution in [2.75, 3.05) is 46.8 Å². The smallest absolute Gasteiger partial charge is 0.289 e. The number of amides is 1. The zero-order valence-electron chi connectivity index (χ0n) is 17.7. The molecule has 1 aliphatic carbocycles. The maximum Gasteiger partial charge on any atom is 0.289 e. The molecule has 0 bridgehead atoms. The fourth-order valence-electron chi connectivity index (χ4n) is 4.68. The van der Waals surface area contributed by atoms with Gasteiger partial charge in [0.05, 0.1) is 0 Å². The number of carbonyl (C=O) groups is 2. The van der Waals surface area contributed by atoms with Crippen LogP contribution >= 0.6 is 0 Å². The van der Waals surface area contributed by atoms with Crippen molar-refractivity contribution in [1.29, 1.82) is 0 Å². The molecule has 0 unspecified atom stereocenters. The Bertz CT molecular complexity index is 655. The fourth-order valence-corrected chi connectivity index (χ4v) is 4.68. The predicted octanol–water partition coefficient (Wildman–Crippen LogP) is 2.24. The lowest BCUT2D eigenvalue weighted by atomic mass is 9.94. The first-order valence-corrected chi connectivity index (χ1v) is 10.7. The molecular weight excluding hydrogens is 350 g/mol. The molecule has 3 rings (SSSR count). The van der Waals surface area contributed by atoms with E-state index in [2.05, 4.69) is 34.1 Å². The summed E-state index contributed by atoms with van der Waals surface area (Å²) in [6, 6.07) is 9.45. The summed E-state index contributed by atoms with van der Waals surface area (Å²) < 4.78 is 0. The quantitative estimate of drug-likeness (QED) is 0.644. The van der Waals surface area contributed by atoms with Crippen LogP contribution in [-0.2, 0) is 22.4 Å². The largest absolute Gasteiger partial charge is 0.336 e. The van der Waals surface area contributed by atoms with Gasteiger partial charge < -0.3 is 9.80 Å². The molecule has 1 fully saturated rings. The SMILES string of the molecule is CC(=O)C(=O)N(CCCN(C)C)CC1CCN(C2Cc3ccccc3C2)CC1. The van der Waals surface area contributed by atoms with Crippen molar-refractivity contribution in [2.45, 2.75) is 45.1 Å². The first kappa shape index (κ1) is 21.0. The molecular formula is C23H35N3O2. The molecule has 0 saturated carbocycles. The minimum absolute atomic E-state index is 0.313. The Kier molecular flexibility index (Phi) is 7.24. The Morgan fingerprint density at radius 3 is 2.18 bits per heavy atom. The van der Waals surface area contributed by atoms with Crippen molar-refractivity contribution >= 4 is 11.7 Å². The highest BCUT2D eigenvalue weighted by molar-refractivity contribution is 6.35. The number of fused-ring (bicyclic) bond motifs is 1. The summed E-state index contributed by atoms with van der Waals surface area (Å²) >= 11 is 0. The van der Waals surface area contributed by atoms with E-state index in [9.17, 15) is 9.59 Å². The van der Waals surface area contributed by atoms with Crippen molar-refractivity contribution in [3.8, 4) is 0 Å². The molecule has 5 nitrogen and oxygen atoms in total. The van der Waals surface area contributed by atoms with Crippen LogP contribution in [0.5, 0.6) is 0 Å². The molecule has 2 aliphatic rings. The molecule has 0 radical (unpaired) electrons. The number of carbonyl (C=O) groups excluding carboxylic acids is 2. The molecule has 1 amide bonds. The fraction of sp³-hybridized carbons (Fsp3) is 0.652. The lowest BCUT2D eigenvalue weighted by Gasteiger charge is -2.37. The number of likely N-dealkylation sites (tertiary alicyclic amines) is 1. The van der Waals surface area contributed by atoms with Gasteiger partial charge in [-0.3, -0.25) is 14.5 Å². The molecule has 28 heavy (non-hydrogen) atoms. The highest BCUT2D eigenvalue weighted by atomic mass is 16.2. The van der Waals surface area contributed by atoms with Crippen molar-refractivity contribution in [3.05, 3.63) is 35.4 Å². The van der Waals surface area contributed by atoms with E-state index in [0.717, 1.165) is 45.4 Å². The van der Waals surface area contributed by atoms with Gasteiger partial charge in [0.15, 0.2) is 0 Å². The number of ketones is 1. The third-order valence-corrected chi connectivity index (χ3v) is 6.30. The molecule has 1 heterocycles. The van der Waals surface area contributed by atoms with E-state index in [0.29, 0.717) is 18.5 Å². The average molecular weight is 386 g/mol. The normalized spacial score (nSPS) is 18.4. The van der Waals surface area contributed by atoms with E-state index in [1.54, 1.807) is 4.90 Å². The van der Waals surface area contributed by atoms with Gasteiger partial charge in [-0.15, -0.1) is 0 Å². The molecule has 1 aliphatic heterocycles. The Morgan fingerprint density at radius 1 is 1.04 bits per heavy atom. The monoisotopic (exact) mass is 385 g/mol. The summed E-state index contributed by atoms with van der Waals surface area (Å²) in [6.07, 6.45) is 5.47.